The van der Waals surface area contributed by atoms with Crippen LogP contribution in [0.1, 0.15) is 0 Å². The molecule has 0 aliphatic carbocycles. The third-order valence-electron chi connectivity index (χ3n) is 19.9. The molecule has 94 heavy (non-hydrogen) atoms. The minimum absolute atomic E-state index is 0.837. The second-order valence-electron chi connectivity index (χ2n) is 24.9. The van der Waals surface area contributed by atoms with Crippen molar-refractivity contribution in [3.8, 4) is 78.1 Å². The van der Waals surface area contributed by atoms with Gasteiger partial charge in [0.1, 0.15) is 5.58 Å². The minimum atomic E-state index is 0.837. The summed E-state index contributed by atoms with van der Waals surface area (Å²) in [6.45, 7) is 0. The van der Waals surface area contributed by atoms with Gasteiger partial charge in [0.25, 0.3) is 0 Å². The van der Waals surface area contributed by atoms with Gasteiger partial charge in [-0.1, -0.05) is 273 Å². The van der Waals surface area contributed by atoms with Gasteiger partial charge >= 0.3 is 0 Å². The van der Waals surface area contributed by atoms with Crippen molar-refractivity contribution in [2.75, 3.05) is 0 Å². The molecule has 0 bridgehead atoms. The monoisotopic (exact) mass is 1210 g/mol. The smallest absolute Gasteiger partial charge is 0.213 e. The van der Waals surface area contributed by atoms with Crippen LogP contribution in [0.4, 0.5) is 0 Å². The Morgan fingerprint density at radius 3 is 1.26 bits per heavy atom. The maximum Gasteiger partial charge on any atom is 0.213 e. The number of hydrogen-bond donors (Lipinski definition) is 0. The summed E-state index contributed by atoms with van der Waals surface area (Å²) in [7, 11) is 0. The Kier molecular flexibility index (Phi) is 11.6. The van der Waals surface area contributed by atoms with Gasteiger partial charge in [-0.25, -0.2) is 0 Å². The van der Waals surface area contributed by atoms with Crippen molar-refractivity contribution in [1.29, 1.82) is 0 Å². The van der Waals surface area contributed by atoms with E-state index in [0.717, 1.165) is 55.3 Å². The van der Waals surface area contributed by atoms with Gasteiger partial charge in [-0.2, -0.15) is 0 Å². The van der Waals surface area contributed by atoms with Crippen molar-refractivity contribution < 1.29 is 4.42 Å². The van der Waals surface area contributed by atoms with Crippen molar-refractivity contribution in [1.82, 2.24) is 9.13 Å². The van der Waals surface area contributed by atoms with Crippen molar-refractivity contribution in [2.45, 2.75) is 0 Å². The van der Waals surface area contributed by atoms with E-state index in [1.807, 2.05) is 11.3 Å². The SMILES string of the molecule is c1ccc(-n2c3cc(-c4ccc(-c5ccc(-c6c7ccccc7c(-c7ccc8c9sc%10ccccc%10c9n(-c9ccccc9)c8c7)c7ccccc67)cc5)cc4)ccc3c3c4ccc(-c5c6ccccc6c(-c6cccc7ccccc67)c6ccccc56)cc4oc32)cc1. The Morgan fingerprint density at radius 2 is 0.660 bits per heavy atom. The largest absolute Gasteiger partial charge is 0.439 e. The number of furan rings is 1. The quantitative estimate of drug-likeness (QED) is 0.139. The van der Waals surface area contributed by atoms with Gasteiger partial charge in [-0.05, 0) is 175 Å². The fraction of sp³-hybridized carbons (Fsp3) is 0. The Bertz CT molecular complexity index is 6380. The van der Waals surface area contributed by atoms with Crippen LogP contribution in [0.3, 0.4) is 0 Å². The number of benzene rings is 16. The van der Waals surface area contributed by atoms with E-state index in [1.54, 1.807) is 0 Å². The summed E-state index contributed by atoms with van der Waals surface area (Å²) in [6.07, 6.45) is 0. The molecule has 0 saturated carbocycles. The Morgan fingerprint density at radius 1 is 0.255 bits per heavy atom. The zero-order valence-corrected chi connectivity index (χ0v) is 51.7. The molecule has 4 heterocycles. The predicted octanol–water partition coefficient (Wildman–Crippen LogP) is 25.6. The molecule has 0 spiro atoms. The summed E-state index contributed by atoms with van der Waals surface area (Å²) in [5.74, 6) is 0. The number of fused-ring (bicyclic) bond motifs is 15. The molecule has 0 aliphatic rings. The van der Waals surface area contributed by atoms with E-state index >= 15 is 0 Å². The molecule has 4 heteroatoms. The van der Waals surface area contributed by atoms with Gasteiger partial charge in [-0.3, -0.25) is 4.57 Å². The fourth-order valence-electron chi connectivity index (χ4n) is 15.8. The van der Waals surface area contributed by atoms with E-state index in [0.29, 0.717) is 0 Å². The lowest BCUT2D eigenvalue weighted by Crippen LogP contribution is -1.94. The first-order valence-electron chi connectivity index (χ1n) is 32.3. The van der Waals surface area contributed by atoms with Gasteiger partial charge in [0.15, 0.2) is 0 Å². The molecule has 3 nitrogen and oxygen atoms in total. The summed E-state index contributed by atoms with van der Waals surface area (Å²) in [5, 5.41) is 18.3. The van der Waals surface area contributed by atoms with Crippen molar-refractivity contribution >= 4 is 129 Å². The lowest BCUT2D eigenvalue weighted by atomic mass is 9.84. The van der Waals surface area contributed by atoms with Gasteiger partial charge in [0, 0.05) is 37.6 Å². The fourth-order valence-corrected chi connectivity index (χ4v) is 17.0. The Balaban J connectivity index is 0.653. The van der Waals surface area contributed by atoms with E-state index in [4.69, 9.17) is 4.42 Å². The molecule has 4 aromatic heterocycles. The van der Waals surface area contributed by atoms with Gasteiger partial charge in [-0.15, -0.1) is 11.3 Å². The Labute approximate surface area is 545 Å². The molecule has 20 rings (SSSR count). The third kappa shape index (κ3) is 7.91. The van der Waals surface area contributed by atoms with Crippen LogP contribution in [0, 0.1) is 0 Å². The van der Waals surface area contributed by atoms with Gasteiger partial charge in [0.2, 0.25) is 5.71 Å². The summed E-state index contributed by atoms with van der Waals surface area (Å²) in [4.78, 5) is 0. The van der Waals surface area contributed by atoms with Crippen LogP contribution < -0.4 is 0 Å². The van der Waals surface area contributed by atoms with Crippen LogP contribution in [0.25, 0.3) is 196 Å². The molecule has 0 unspecified atom stereocenters. The molecule has 0 aliphatic heterocycles. The number of hydrogen-bond acceptors (Lipinski definition) is 2. The highest BCUT2D eigenvalue weighted by Gasteiger charge is 2.25. The first-order chi connectivity index (χ1) is 46.6. The van der Waals surface area contributed by atoms with E-state index < -0.39 is 0 Å². The first-order valence-corrected chi connectivity index (χ1v) is 33.1. The highest BCUT2D eigenvalue weighted by molar-refractivity contribution is 7.26. The van der Waals surface area contributed by atoms with Crippen molar-refractivity contribution in [3.05, 3.63) is 328 Å². The molecule has 20 aromatic rings. The van der Waals surface area contributed by atoms with Crippen LogP contribution in [0.15, 0.2) is 332 Å². The molecule has 0 saturated heterocycles. The molecule has 0 amide bonds. The maximum absolute atomic E-state index is 7.17. The summed E-state index contributed by atoms with van der Waals surface area (Å²) in [6, 6.07) is 121. The second-order valence-corrected chi connectivity index (χ2v) is 26.0. The average molecular weight is 1210 g/mol. The van der Waals surface area contributed by atoms with Crippen LogP contribution in [-0.2, 0) is 0 Å². The van der Waals surface area contributed by atoms with Crippen LogP contribution >= 0.6 is 11.3 Å². The van der Waals surface area contributed by atoms with Crippen molar-refractivity contribution in [3.63, 3.8) is 0 Å². The lowest BCUT2D eigenvalue weighted by molar-refractivity contribution is 0.645. The molecular weight excluding hydrogens is 1160 g/mol. The first kappa shape index (κ1) is 52.7. The van der Waals surface area contributed by atoms with Gasteiger partial charge < -0.3 is 8.98 Å². The van der Waals surface area contributed by atoms with E-state index in [-0.39, 0.29) is 0 Å². The average Bonchev–Trinajstić information content (AvgIpc) is 1.42. The molecule has 0 N–H and O–H groups in total. The minimum Gasteiger partial charge on any atom is -0.439 e. The summed E-state index contributed by atoms with van der Waals surface area (Å²) < 4.78 is 14.6. The van der Waals surface area contributed by atoms with Crippen LogP contribution in [0.2, 0.25) is 0 Å². The summed E-state index contributed by atoms with van der Waals surface area (Å²) >= 11 is 1.89. The topological polar surface area (TPSA) is 23.0 Å². The number of rotatable bonds is 8. The number of aromatic nitrogens is 2. The zero-order chi connectivity index (χ0) is 61.5. The normalized spacial score (nSPS) is 12.0. The van der Waals surface area contributed by atoms with Crippen molar-refractivity contribution in [2.24, 2.45) is 0 Å². The highest BCUT2D eigenvalue weighted by atomic mass is 32.1. The third-order valence-corrected chi connectivity index (χ3v) is 21.1. The molecule has 436 valence electrons. The van der Waals surface area contributed by atoms with Crippen LogP contribution in [-0.4, -0.2) is 9.13 Å². The number of nitrogens with zero attached hydrogens (tertiary/aromatic N) is 2. The van der Waals surface area contributed by atoms with Crippen LogP contribution in [0.5, 0.6) is 0 Å². The van der Waals surface area contributed by atoms with E-state index in [9.17, 15) is 0 Å². The van der Waals surface area contributed by atoms with E-state index in [1.165, 1.54) is 141 Å². The predicted molar refractivity (Wildman–Crippen MR) is 400 cm³/mol. The number of para-hydroxylation sites is 2. The standard InChI is InChI=1S/C90H54N2OS/c1-3-22-63(23-4-1)91-80-53-61(47-50-76(80)89-88(91)78-35-17-18-37-82(78)94-89)84-69-29-11-9-27-67(69)83(68-28-10-12-30-70(68)84)59-44-42-56(43-45-59)55-38-40-57(41-39-55)60-46-49-75-79(52-60)92(64-24-5-2-6-25-64)90-87(75)77-51-48-62(54-81(77)93-90)85-71-31-13-15-33-73(71)86(74-34-16-14-32-72(74)85)66-36-19-21-58-20-7-8-26-65(58)66/h1-54H. The molecule has 16 aromatic carbocycles. The van der Waals surface area contributed by atoms with Gasteiger partial charge in [0.05, 0.1) is 26.6 Å². The zero-order valence-electron chi connectivity index (χ0n) is 50.9. The molecular formula is C90H54N2OS. The summed E-state index contributed by atoms with van der Waals surface area (Å²) in [5.41, 5.74) is 21.9. The highest BCUT2D eigenvalue weighted by Crippen LogP contribution is 2.50. The van der Waals surface area contributed by atoms with E-state index in [2.05, 4.69) is 337 Å². The molecule has 0 radical (unpaired) electrons. The Hall–Kier alpha value is -12.1. The maximum atomic E-state index is 7.17. The molecule has 0 fully saturated rings. The lowest BCUT2D eigenvalue weighted by Gasteiger charge is -2.18. The second kappa shape index (κ2) is 20.7. The number of thiophene rings is 1. The molecule has 0 atom stereocenters.